The predicted molar refractivity (Wildman–Crippen MR) is 60.3 cm³/mol. The molecule has 1 N–H and O–H groups in total. The van der Waals surface area contributed by atoms with Crippen molar-refractivity contribution in [3.8, 4) is 5.75 Å². The van der Waals surface area contributed by atoms with Crippen molar-refractivity contribution in [1.82, 2.24) is 4.90 Å². The van der Waals surface area contributed by atoms with Gasteiger partial charge in [-0.2, -0.15) is 0 Å². The van der Waals surface area contributed by atoms with E-state index in [0.29, 0.717) is 5.75 Å². The number of hydrogen-bond acceptors (Lipinski definition) is 2. The van der Waals surface area contributed by atoms with Crippen LogP contribution in [0.3, 0.4) is 0 Å². The van der Waals surface area contributed by atoms with Gasteiger partial charge in [-0.05, 0) is 59.6 Å². The summed E-state index contributed by atoms with van der Waals surface area (Å²) in [6, 6.07) is 5.80. The molecule has 0 aliphatic carbocycles. The van der Waals surface area contributed by atoms with E-state index in [1.807, 2.05) is 12.1 Å². The van der Waals surface area contributed by atoms with Gasteiger partial charge in [0.1, 0.15) is 5.75 Å². The molecule has 3 heteroatoms. The molecule has 1 saturated heterocycles. The molecule has 14 heavy (non-hydrogen) atoms. The highest BCUT2D eigenvalue weighted by Crippen LogP contribution is 2.25. The van der Waals surface area contributed by atoms with Gasteiger partial charge in [0.2, 0.25) is 0 Å². The number of phenolic OH excluding ortho intramolecular Hbond substituents is 1. The maximum Gasteiger partial charge on any atom is 0.130 e. The van der Waals surface area contributed by atoms with Gasteiger partial charge in [-0.25, -0.2) is 0 Å². The van der Waals surface area contributed by atoms with Gasteiger partial charge in [-0.1, -0.05) is 6.07 Å². The lowest BCUT2D eigenvalue weighted by atomic mass is 10.2. The maximum atomic E-state index is 9.51. The van der Waals surface area contributed by atoms with Gasteiger partial charge in [0.15, 0.2) is 0 Å². The highest BCUT2D eigenvalue weighted by Gasteiger charge is 2.12. The van der Waals surface area contributed by atoms with E-state index in [4.69, 9.17) is 0 Å². The van der Waals surface area contributed by atoms with Crippen molar-refractivity contribution in [3.05, 3.63) is 28.2 Å². The van der Waals surface area contributed by atoms with Crippen LogP contribution in [-0.2, 0) is 6.54 Å². The zero-order chi connectivity index (χ0) is 9.97. The van der Waals surface area contributed by atoms with Crippen LogP contribution in [-0.4, -0.2) is 23.1 Å². The Morgan fingerprint density at radius 1 is 1.29 bits per heavy atom. The summed E-state index contributed by atoms with van der Waals surface area (Å²) in [7, 11) is 0. The summed E-state index contributed by atoms with van der Waals surface area (Å²) in [5.74, 6) is 0.335. The fourth-order valence-corrected chi connectivity index (χ4v) is 2.10. The van der Waals surface area contributed by atoms with E-state index < -0.39 is 0 Å². The third-order valence-electron chi connectivity index (χ3n) is 2.62. The van der Waals surface area contributed by atoms with Crippen LogP contribution in [0.25, 0.3) is 0 Å². The van der Waals surface area contributed by atoms with Gasteiger partial charge >= 0.3 is 0 Å². The Morgan fingerprint density at radius 2 is 2.00 bits per heavy atom. The van der Waals surface area contributed by atoms with Crippen LogP contribution in [0.1, 0.15) is 18.4 Å². The summed E-state index contributed by atoms with van der Waals surface area (Å²) in [5, 5.41) is 9.51. The second-order valence-corrected chi connectivity index (χ2v) is 4.62. The molecule has 2 rings (SSSR count). The summed E-state index contributed by atoms with van der Waals surface area (Å²) in [4.78, 5) is 2.42. The zero-order valence-electron chi connectivity index (χ0n) is 8.04. The predicted octanol–water partition coefficient (Wildman–Crippen LogP) is 2.75. The van der Waals surface area contributed by atoms with Crippen LogP contribution in [0.4, 0.5) is 0 Å². The number of phenols is 1. The normalized spacial score (nSPS) is 17.5. The SMILES string of the molecule is Oc1cc(CN2CCCC2)ccc1Br. The molecule has 0 bridgehead atoms. The molecule has 1 aliphatic rings. The Morgan fingerprint density at radius 3 is 2.64 bits per heavy atom. The first kappa shape index (κ1) is 9.99. The van der Waals surface area contributed by atoms with Gasteiger partial charge in [0.25, 0.3) is 0 Å². The Hall–Kier alpha value is -0.540. The van der Waals surface area contributed by atoms with E-state index in [2.05, 4.69) is 26.9 Å². The second-order valence-electron chi connectivity index (χ2n) is 3.77. The number of halogens is 1. The molecular formula is C11H14BrNO. The van der Waals surface area contributed by atoms with E-state index in [0.717, 1.165) is 11.0 Å². The van der Waals surface area contributed by atoms with E-state index >= 15 is 0 Å². The van der Waals surface area contributed by atoms with Gasteiger partial charge in [0, 0.05) is 6.54 Å². The van der Waals surface area contributed by atoms with E-state index in [-0.39, 0.29) is 0 Å². The fraction of sp³-hybridized carbons (Fsp3) is 0.455. The minimum atomic E-state index is 0.335. The Kier molecular flexibility index (Phi) is 3.08. The molecule has 0 radical (unpaired) electrons. The molecule has 1 fully saturated rings. The van der Waals surface area contributed by atoms with Crippen molar-refractivity contribution in [2.45, 2.75) is 19.4 Å². The number of rotatable bonds is 2. The first-order valence-electron chi connectivity index (χ1n) is 4.95. The first-order chi connectivity index (χ1) is 6.75. The van der Waals surface area contributed by atoms with Crippen molar-refractivity contribution in [3.63, 3.8) is 0 Å². The van der Waals surface area contributed by atoms with Crippen LogP contribution in [0.15, 0.2) is 22.7 Å². The number of nitrogens with zero attached hydrogens (tertiary/aromatic N) is 1. The van der Waals surface area contributed by atoms with Gasteiger partial charge < -0.3 is 5.11 Å². The number of hydrogen-bond donors (Lipinski definition) is 1. The monoisotopic (exact) mass is 255 g/mol. The average Bonchev–Trinajstić information content (AvgIpc) is 2.64. The van der Waals surface area contributed by atoms with Crippen molar-refractivity contribution >= 4 is 15.9 Å². The van der Waals surface area contributed by atoms with E-state index in [9.17, 15) is 5.11 Å². The third-order valence-corrected chi connectivity index (χ3v) is 3.29. The Bertz CT molecular complexity index is 321. The van der Waals surface area contributed by atoms with E-state index in [1.54, 1.807) is 0 Å². The summed E-state index contributed by atoms with van der Waals surface area (Å²) >= 11 is 3.28. The molecule has 2 nitrogen and oxygen atoms in total. The van der Waals surface area contributed by atoms with Crippen molar-refractivity contribution in [2.75, 3.05) is 13.1 Å². The zero-order valence-corrected chi connectivity index (χ0v) is 9.63. The Labute approximate surface area is 92.7 Å². The minimum Gasteiger partial charge on any atom is -0.507 e. The van der Waals surface area contributed by atoms with Crippen LogP contribution in [0.2, 0.25) is 0 Å². The average molecular weight is 256 g/mol. The highest BCUT2D eigenvalue weighted by atomic mass is 79.9. The first-order valence-corrected chi connectivity index (χ1v) is 5.75. The molecule has 1 aromatic rings. The molecule has 1 aliphatic heterocycles. The quantitative estimate of drug-likeness (QED) is 0.879. The summed E-state index contributed by atoms with van der Waals surface area (Å²) in [6.45, 7) is 3.34. The maximum absolute atomic E-state index is 9.51. The van der Waals surface area contributed by atoms with Crippen molar-refractivity contribution in [1.29, 1.82) is 0 Å². The molecule has 0 spiro atoms. The lowest BCUT2D eigenvalue weighted by molar-refractivity contribution is 0.330. The molecule has 0 saturated carbocycles. The van der Waals surface area contributed by atoms with Crippen LogP contribution < -0.4 is 0 Å². The van der Waals surface area contributed by atoms with Crippen LogP contribution >= 0.6 is 15.9 Å². The lowest BCUT2D eigenvalue weighted by Crippen LogP contribution is -2.18. The second kappa shape index (κ2) is 4.32. The molecule has 1 heterocycles. The third kappa shape index (κ3) is 2.28. The van der Waals surface area contributed by atoms with Crippen molar-refractivity contribution in [2.24, 2.45) is 0 Å². The van der Waals surface area contributed by atoms with Crippen LogP contribution in [0.5, 0.6) is 5.75 Å². The van der Waals surface area contributed by atoms with Gasteiger partial charge in [0.05, 0.1) is 4.47 Å². The molecule has 76 valence electrons. The lowest BCUT2D eigenvalue weighted by Gasteiger charge is -2.14. The molecule has 1 aromatic carbocycles. The minimum absolute atomic E-state index is 0.335. The van der Waals surface area contributed by atoms with Gasteiger partial charge in [-0.3, -0.25) is 4.90 Å². The highest BCUT2D eigenvalue weighted by molar-refractivity contribution is 9.10. The summed E-state index contributed by atoms with van der Waals surface area (Å²) in [5.41, 5.74) is 1.19. The molecule has 0 aromatic heterocycles. The van der Waals surface area contributed by atoms with Gasteiger partial charge in [-0.15, -0.1) is 0 Å². The number of aromatic hydroxyl groups is 1. The number of benzene rings is 1. The van der Waals surface area contributed by atoms with Crippen LogP contribution in [0, 0.1) is 0 Å². The number of likely N-dealkylation sites (tertiary alicyclic amines) is 1. The largest absolute Gasteiger partial charge is 0.507 e. The topological polar surface area (TPSA) is 23.5 Å². The molecule has 0 atom stereocenters. The summed E-state index contributed by atoms with van der Waals surface area (Å²) in [6.07, 6.45) is 2.62. The van der Waals surface area contributed by atoms with E-state index in [1.165, 1.54) is 31.5 Å². The standard InChI is InChI=1S/C11H14BrNO/c12-10-4-3-9(7-11(10)14)8-13-5-1-2-6-13/h3-4,7,14H,1-2,5-6,8H2. The fourth-order valence-electron chi connectivity index (χ4n) is 1.86. The summed E-state index contributed by atoms with van der Waals surface area (Å²) < 4.78 is 0.766. The smallest absolute Gasteiger partial charge is 0.130 e. The Balaban J connectivity index is 2.05. The molecule has 0 unspecified atom stereocenters. The molecular weight excluding hydrogens is 242 g/mol. The van der Waals surface area contributed by atoms with Crippen molar-refractivity contribution < 1.29 is 5.11 Å². The molecule has 0 amide bonds.